The van der Waals surface area contributed by atoms with Gasteiger partial charge in [0.1, 0.15) is 12.1 Å². The molecule has 1 aromatic rings. The number of benzene rings is 1. The molecule has 60 heavy (non-hydrogen) atoms. The largest absolute Gasteiger partial charge is 0.465 e. The van der Waals surface area contributed by atoms with Crippen molar-refractivity contribution in [2.75, 3.05) is 32.7 Å². The molecule has 1 saturated carbocycles. The Morgan fingerprint density at radius 1 is 0.917 bits per heavy atom. The Hall–Kier alpha value is -4.95. The second-order valence-electron chi connectivity index (χ2n) is 19.8. The molecule has 332 valence electrons. The SMILES string of the molecule is C=CCNC(=O)C(=O)C(CC1CC1)NC(=O)C1CCCN1C(=O)C(NC(=O)NC(CN1CCC(C)(C)CC1=O)C(C)(C)C)C(C)(C)C.O=C(O)N1CCc2ccccc2C1. The maximum Gasteiger partial charge on any atom is 0.407 e. The van der Waals surface area contributed by atoms with Crippen LogP contribution in [0.3, 0.4) is 0 Å². The minimum Gasteiger partial charge on any atom is -0.465 e. The Kier molecular flexibility index (Phi) is 16.0. The van der Waals surface area contributed by atoms with Crippen molar-refractivity contribution in [3.05, 3.63) is 48.0 Å². The topological polar surface area (TPSA) is 198 Å². The van der Waals surface area contributed by atoms with Crippen molar-refractivity contribution < 1.29 is 38.7 Å². The second-order valence-corrected chi connectivity index (χ2v) is 19.8. The van der Waals surface area contributed by atoms with E-state index in [-0.39, 0.29) is 41.1 Å². The lowest BCUT2D eigenvalue weighted by Crippen LogP contribution is -2.62. The van der Waals surface area contributed by atoms with E-state index in [1.54, 1.807) is 0 Å². The number of Topliss-reactive ketones (excluding diaryl/α,β-unsaturated/α-hetero) is 1. The van der Waals surface area contributed by atoms with E-state index >= 15 is 0 Å². The molecule has 2 saturated heterocycles. The van der Waals surface area contributed by atoms with E-state index in [0.717, 1.165) is 31.2 Å². The first kappa shape index (κ1) is 47.7. The Labute approximate surface area is 355 Å². The highest BCUT2D eigenvalue weighted by Gasteiger charge is 2.44. The molecular weight excluding hydrogens is 767 g/mol. The molecule has 3 aliphatic heterocycles. The number of nitrogens with one attached hydrogen (secondary N) is 4. The third-order valence-corrected chi connectivity index (χ3v) is 12.0. The Balaban J connectivity index is 0.000000512. The standard InChI is InChI=1S/C35H58N6O6.C10H11NO2/c1-10-16-36-30(45)27(43)23(19-22-13-14-22)37-29(44)24-12-11-17-41(24)31(46)28(34(5,6)7)39-32(47)38-25(33(2,3)4)21-40-18-15-35(8,9)20-26(40)42;12-10(13)11-6-5-8-3-1-2-4-9(8)7-11/h10,22-25,28H,1,11-21H2,2-9H3,(H,36,45)(H,37,44)(H2,38,39,47);1-4H,5-7H2,(H,12,13). The highest BCUT2D eigenvalue weighted by atomic mass is 16.4. The summed E-state index contributed by atoms with van der Waals surface area (Å²) in [5, 5.41) is 20.0. The van der Waals surface area contributed by atoms with Crippen molar-refractivity contribution in [2.45, 2.75) is 137 Å². The number of hydrogen-bond donors (Lipinski definition) is 5. The highest BCUT2D eigenvalue weighted by Crippen LogP contribution is 2.34. The van der Waals surface area contributed by atoms with Crippen molar-refractivity contribution in [3.63, 3.8) is 0 Å². The zero-order valence-corrected chi connectivity index (χ0v) is 37.0. The van der Waals surface area contributed by atoms with Crippen LogP contribution < -0.4 is 21.3 Å². The van der Waals surface area contributed by atoms with Crippen molar-refractivity contribution in [1.29, 1.82) is 0 Å². The third-order valence-electron chi connectivity index (χ3n) is 12.0. The smallest absolute Gasteiger partial charge is 0.407 e. The normalized spacial score (nSPS) is 20.3. The molecule has 4 unspecified atom stereocenters. The lowest BCUT2D eigenvalue weighted by Gasteiger charge is -2.41. The maximum atomic E-state index is 14.1. The number of ketones is 1. The summed E-state index contributed by atoms with van der Waals surface area (Å²) in [6.07, 6.45) is 6.05. The minimum absolute atomic E-state index is 0.0477. The predicted molar refractivity (Wildman–Crippen MR) is 229 cm³/mol. The molecule has 15 heteroatoms. The first-order valence-corrected chi connectivity index (χ1v) is 21.4. The number of urea groups is 1. The Morgan fingerprint density at radius 2 is 1.58 bits per heavy atom. The van der Waals surface area contributed by atoms with Gasteiger partial charge in [-0.3, -0.25) is 24.0 Å². The first-order valence-electron chi connectivity index (χ1n) is 21.4. The van der Waals surface area contributed by atoms with Crippen LogP contribution in [0.2, 0.25) is 0 Å². The van der Waals surface area contributed by atoms with Gasteiger partial charge in [0, 0.05) is 45.7 Å². The summed E-state index contributed by atoms with van der Waals surface area (Å²) < 4.78 is 0. The zero-order valence-electron chi connectivity index (χ0n) is 37.0. The van der Waals surface area contributed by atoms with E-state index in [1.165, 1.54) is 21.4 Å². The molecular formula is C45H69N7O8. The summed E-state index contributed by atoms with van der Waals surface area (Å²) in [5.74, 6) is -2.03. The van der Waals surface area contributed by atoms with Crippen LogP contribution in [0.4, 0.5) is 9.59 Å². The number of amides is 7. The molecule has 7 amide bonds. The van der Waals surface area contributed by atoms with Gasteiger partial charge in [-0.25, -0.2) is 9.59 Å². The van der Waals surface area contributed by atoms with Crippen LogP contribution in [0.25, 0.3) is 0 Å². The van der Waals surface area contributed by atoms with Gasteiger partial charge >= 0.3 is 12.1 Å². The first-order chi connectivity index (χ1) is 28.0. The van der Waals surface area contributed by atoms with Gasteiger partial charge in [-0.15, -0.1) is 6.58 Å². The van der Waals surface area contributed by atoms with Crippen molar-refractivity contribution in [1.82, 2.24) is 36.0 Å². The quantitative estimate of drug-likeness (QED) is 0.140. The van der Waals surface area contributed by atoms with Crippen molar-refractivity contribution in [2.24, 2.45) is 22.2 Å². The number of nitrogens with zero attached hydrogens (tertiary/aromatic N) is 3. The minimum atomic E-state index is -0.980. The Morgan fingerprint density at radius 3 is 2.17 bits per heavy atom. The van der Waals surface area contributed by atoms with Gasteiger partial charge in [0.25, 0.3) is 5.91 Å². The number of piperidine rings is 1. The summed E-state index contributed by atoms with van der Waals surface area (Å²) in [4.78, 5) is 94.9. The van der Waals surface area contributed by atoms with Gasteiger partial charge in [-0.2, -0.15) is 0 Å². The lowest BCUT2D eigenvalue weighted by atomic mass is 9.81. The van der Waals surface area contributed by atoms with Gasteiger partial charge in [0.15, 0.2) is 0 Å². The number of fused-ring (bicyclic) bond motifs is 1. The lowest BCUT2D eigenvalue weighted by molar-refractivity contribution is -0.143. The Bertz CT molecular complexity index is 1760. The molecule has 3 heterocycles. The van der Waals surface area contributed by atoms with E-state index in [9.17, 15) is 33.6 Å². The molecule has 5 N–H and O–H groups in total. The number of likely N-dealkylation sites (tertiary alicyclic amines) is 2. The van der Waals surface area contributed by atoms with E-state index in [2.05, 4.69) is 47.8 Å². The number of carbonyl (C=O) groups is 7. The molecule has 1 aromatic carbocycles. The van der Waals surface area contributed by atoms with Crippen LogP contribution in [0, 0.1) is 22.2 Å². The summed E-state index contributed by atoms with van der Waals surface area (Å²) in [6, 6.07) is 4.33. The van der Waals surface area contributed by atoms with E-state index in [0.29, 0.717) is 58.4 Å². The van der Waals surface area contributed by atoms with Crippen LogP contribution in [-0.2, 0) is 36.9 Å². The zero-order chi connectivity index (χ0) is 44.6. The van der Waals surface area contributed by atoms with Gasteiger partial charge < -0.3 is 41.1 Å². The number of carboxylic acid groups (broad SMARTS) is 1. The monoisotopic (exact) mass is 836 g/mol. The van der Waals surface area contributed by atoms with Gasteiger partial charge in [-0.05, 0) is 65.4 Å². The van der Waals surface area contributed by atoms with Gasteiger partial charge in [0.05, 0.1) is 12.1 Å². The van der Waals surface area contributed by atoms with Gasteiger partial charge in [0.2, 0.25) is 23.5 Å². The van der Waals surface area contributed by atoms with Crippen molar-refractivity contribution >= 4 is 41.5 Å². The van der Waals surface area contributed by atoms with E-state index in [4.69, 9.17) is 5.11 Å². The molecule has 1 aliphatic carbocycles. The average molecular weight is 836 g/mol. The van der Waals surface area contributed by atoms with Crippen LogP contribution in [0.1, 0.15) is 111 Å². The fourth-order valence-corrected chi connectivity index (χ4v) is 7.83. The highest BCUT2D eigenvalue weighted by molar-refractivity contribution is 6.38. The van der Waals surface area contributed by atoms with Crippen molar-refractivity contribution in [3.8, 4) is 0 Å². The number of hydrogen-bond acceptors (Lipinski definition) is 7. The third kappa shape index (κ3) is 13.5. The molecule has 0 spiro atoms. The summed E-state index contributed by atoms with van der Waals surface area (Å²) in [5.41, 5.74) is 1.29. The molecule has 0 aromatic heterocycles. The predicted octanol–water partition coefficient (Wildman–Crippen LogP) is 4.63. The van der Waals surface area contributed by atoms with E-state index < -0.39 is 53.3 Å². The maximum absolute atomic E-state index is 14.1. The second kappa shape index (κ2) is 20.1. The summed E-state index contributed by atoms with van der Waals surface area (Å²) >= 11 is 0. The molecule has 0 radical (unpaired) electrons. The number of carbonyl (C=O) groups excluding carboxylic acids is 6. The van der Waals surface area contributed by atoms with E-state index in [1.807, 2.05) is 64.6 Å². The van der Waals surface area contributed by atoms with Gasteiger partial charge in [-0.1, -0.05) is 98.6 Å². The molecule has 4 atom stereocenters. The van der Waals surface area contributed by atoms with Crippen LogP contribution in [0.15, 0.2) is 36.9 Å². The molecule has 15 nitrogen and oxygen atoms in total. The summed E-state index contributed by atoms with van der Waals surface area (Å²) in [6.45, 7) is 21.9. The average Bonchev–Trinajstić information content (AvgIpc) is 3.85. The fourth-order valence-electron chi connectivity index (χ4n) is 7.83. The molecule has 0 bridgehead atoms. The van der Waals surface area contributed by atoms with Crippen LogP contribution >= 0.6 is 0 Å². The van der Waals surface area contributed by atoms with Crippen LogP contribution in [0.5, 0.6) is 0 Å². The molecule has 5 rings (SSSR count). The summed E-state index contributed by atoms with van der Waals surface area (Å²) in [7, 11) is 0. The fraction of sp³-hybridized carbons (Fsp3) is 0.667. The molecule has 3 fully saturated rings. The number of rotatable bonds is 13. The van der Waals surface area contributed by atoms with Crippen LogP contribution in [-0.4, -0.2) is 118 Å². The molecule has 4 aliphatic rings.